The summed E-state index contributed by atoms with van der Waals surface area (Å²) >= 11 is 3.26. The first-order valence-electron chi connectivity index (χ1n) is 9.39. The van der Waals surface area contributed by atoms with E-state index in [1.807, 2.05) is 37.3 Å². The van der Waals surface area contributed by atoms with E-state index >= 15 is 0 Å². The van der Waals surface area contributed by atoms with E-state index in [4.69, 9.17) is 9.47 Å². The molecule has 0 aliphatic carbocycles. The first-order valence-corrected chi connectivity index (χ1v) is 11.7. The third kappa shape index (κ3) is 6.84. The lowest BCUT2D eigenvalue weighted by Gasteiger charge is -2.15. The summed E-state index contributed by atoms with van der Waals surface area (Å²) in [6.45, 7) is 2.48. The van der Waals surface area contributed by atoms with Crippen molar-refractivity contribution >= 4 is 32.0 Å². The topological polar surface area (TPSA) is 128 Å². The van der Waals surface area contributed by atoms with Gasteiger partial charge in [-0.2, -0.15) is 13.1 Å². The number of rotatable bonds is 11. The highest BCUT2D eigenvalue weighted by Gasteiger charge is 2.19. The molecule has 0 amide bonds. The summed E-state index contributed by atoms with van der Waals surface area (Å²) < 4.78 is 41.5. The van der Waals surface area contributed by atoms with E-state index in [-0.39, 0.29) is 30.9 Å². The van der Waals surface area contributed by atoms with Crippen LogP contribution in [0, 0.1) is 0 Å². The SMILES string of the molecule is CCCNS(=O)(=O)Nc1ncnc(OCCOc2ncc(Br)cn2)c1-c1ccccc1. The van der Waals surface area contributed by atoms with E-state index in [0.29, 0.717) is 24.1 Å². The van der Waals surface area contributed by atoms with Crippen molar-refractivity contribution in [2.24, 2.45) is 0 Å². The number of hydrogen-bond donors (Lipinski definition) is 2. The first-order chi connectivity index (χ1) is 15.0. The van der Waals surface area contributed by atoms with E-state index in [1.165, 1.54) is 6.33 Å². The van der Waals surface area contributed by atoms with Crippen LogP contribution in [0.4, 0.5) is 5.82 Å². The lowest BCUT2D eigenvalue weighted by Crippen LogP contribution is -2.31. The van der Waals surface area contributed by atoms with Crippen LogP contribution in [-0.2, 0) is 10.2 Å². The van der Waals surface area contributed by atoms with E-state index in [1.54, 1.807) is 12.4 Å². The van der Waals surface area contributed by atoms with E-state index in [9.17, 15) is 8.42 Å². The second kappa shape index (κ2) is 11.0. The van der Waals surface area contributed by atoms with Gasteiger partial charge in [0.1, 0.15) is 19.5 Å². The predicted molar refractivity (Wildman–Crippen MR) is 119 cm³/mol. The Labute approximate surface area is 188 Å². The van der Waals surface area contributed by atoms with Gasteiger partial charge in [-0.25, -0.2) is 19.9 Å². The maximum absolute atomic E-state index is 12.3. The van der Waals surface area contributed by atoms with Gasteiger partial charge in [0.15, 0.2) is 5.82 Å². The lowest BCUT2D eigenvalue weighted by atomic mass is 10.1. The Morgan fingerprint density at radius 1 is 1.00 bits per heavy atom. The number of ether oxygens (including phenoxy) is 2. The number of anilines is 1. The predicted octanol–water partition coefficient (Wildman–Crippen LogP) is 2.81. The van der Waals surface area contributed by atoms with Crippen LogP contribution in [0.1, 0.15) is 13.3 Å². The summed E-state index contributed by atoms with van der Waals surface area (Å²) in [4.78, 5) is 16.3. The molecule has 2 heterocycles. The molecule has 3 rings (SSSR count). The summed E-state index contributed by atoms with van der Waals surface area (Å²) in [7, 11) is -3.80. The van der Waals surface area contributed by atoms with E-state index in [0.717, 1.165) is 4.47 Å². The Morgan fingerprint density at radius 3 is 2.42 bits per heavy atom. The molecule has 2 aromatic heterocycles. The molecule has 2 N–H and O–H groups in total. The lowest BCUT2D eigenvalue weighted by molar-refractivity contribution is 0.202. The molecule has 10 nitrogen and oxygen atoms in total. The quantitative estimate of drug-likeness (QED) is 0.378. The highest BCUT2D eigenvalue weighted by atomic mass is 79.9. The van der Waals surface area contributed by atoms with Crippen LogP contribution >= 0.6 is 15.9 Å². The van der Waals surface area contributed by atoms with Crippen molar-refractivity contribution in [1.82, 2.24) is 24.7 Å². The van der Waals surface area contributed by atoms with Gasteiger partial charge in [0.05, 0.1) is 10.0 Å². The number of aromatic nitrogens is 4. The van der Waals surface area contributed by atoms with Crippen molar-refractivity contribution in [3.05, 3.63) is 53.5 Å². The maximum atomic E-state index is 12.3. The van der Waals surface area contributed by atoms with Gasteiger partial charge >= 0.3 is 6.01 Å². The highest BCUT2D eigenvalue weighted by Crippen LogP contribution is 2.34. The molecule has 0 fully saturated rings. The van der Waals surface area contributed by atoms with Gasteiger partial charge in [-0.15, -0.1) is 0 Å². The normalized spacial score (nSPS) is 11.2. The molecule has 0 saturated heterocycles. The second-order valence-electron chi connectivity index (χ2n) is 6.15. The van der Waals surface area contributed by atoms with Crippen molar-refractivity contribution in [2.75, 3.05) is 24.5 Å². The van der Waals surface area contributed by atoms with Crippen molar-refractivity contribution in [2.45, 2.75) is 13.3 Å². The van der Waals surface area contributed by atoms with Crippen molar-refractivity contribution in [3.63, 3.8) is 0 Å². The number of hydrogen-bond acceptors (Lipinski definition) is 8. The molecule has 0 spiro atoms. The largest absolute Gasteiger partial charge is 0.473 e. The van der Waals surface area contributed by atoms with Crippen LogP contribution in [0.3, 0.4) is 0 Å². The molecular weight excluding hydrogens is 488 g/mol. The number of halogens is 1. The fourth-order valence-corrected chi connectivity index (χ4v) is 3.63. The van der Waals surface area contributed by atoms with Gasteiger partial charge in [-0.3, -0.25) is 4.72 Å². The average Bonchev–Trinajstić information content (AvgIpc) is 2.77. The third-order valence-electron chi connectivity index (χ3n) is 3.80. The first kappa shape index (κ1) is 22.8. The Kier molecular flexibility index (Phi) is 8.09. The van der Waals surface area contributed by atoms with Gasteiger partial charge < -0.3 is 9.47 Å². The van der Waals surface area contributed by atoms with Gasteiger partial charge in [0.2, 0.25) is 5.88 Å². The van der Waals surface area contributed by atoms with Crippen LogP contribution in [0.5, 0.6) is 11.9 Å². The van der Waals surface area contributed by atoms with Gasteiger partial charge in [0, 0.05) is 18.9 Å². The molecule has 0 aliphatic rings. The fourth-order valence-electron chi connectivity index (χ4n) is 2.47. The molecule has 164 valence electrons. The van der Waals surface area contributed by atoms with E-state index < -0.39 is 10.2 Å². The van der Waals surface area contributed by atoms with Crippen LogP contribution in [-0.4, -0.2) is 48.1 Å². The Bertz CT molecular complexity index is 1080. The van der Waals surface area contributed by atoms with Crippen LogP contribution in [0.15, 0.2) is 53.5 Å². The molecule has 31 heavy (non-hydrogen) atoms. The zero-order valence-corrected chi connectivity index (χ0v) is 19.1. The maximum Gasteiger partial charge on any atom is 0.316 e. The molecular formula is C19H21BrN6O4S. The molecule has 12 heteroatoms. The van der Waals surface area contributed by atoms with Crippen LogP contribution in [0.2, 0.25) is 0 Å². The minimum absolute atomic E-state index is 0.108. The molecule has 0 atom stereocenters. The Hall–Kier alpha value is -2.83. The molecule has 0 aliphatic heterocycles. The monoisotopic (exact) mass is 508 g/mol. The van der Waals surface area contributed by atoms with Gasteiger partial charge in [0.25, 0.3) is 10.2 Å². The van der Waals surface area contributed by atoms with Crippen molar-refractivity contribution in [1.29, 1.82) is 0 Å². The second-order valence-corrected chi connectivity index (χ2v) is 8.56. The molecule has 3 aromatic rings. The number of benzene rings is 1. The summed E-state index contributed by atoms with van der Waals surface area (Å²) in [5, 5.41) is 0. The summed E-state index contributed by atoms with van der Waals surface area (Å²) in [5.41, 5.74) is 1.12. The van der Waals surface area contributed by atoms with Crippen molar-refractivity contribution < 1.29 is 17.9 Å². The van der Waals surface area contributed by atoms with Crippen LogP contribution < -0.4 is 18.9 Å². The zero-order chi connectivity index (χ0) is 22.1. The fraction of sp³-hybridized carbons (Fsp3) is 0.263. The standard InChI is InChI=1S/C19H21BrN6O4S/c1-2-8-25-31(27,28)26-17-16(14-6-4-3-5-7-14)18(24-13-23-17)29-9-10-30-19-21-11-15(20)12-22-19/h3-7,11-13,25H,2,8-10H2,1H3,(H,23,24,26). The summed E-state index contributed by atoms with van der Waals surface area (Å²) in [6, 6.07) is 9.35. The molecule has 0 unspecified atom stereocenters. The van der Waals surface area contributed by atoms with E-state index in [2.05, 4.69) is 45.3 Å². The number of nitrogens with zero attached hydrogens (tertiary/aromatic N) is 4. The minimum atomic E-state index is -3.80. The van der Waals surface area contributed by atoms with Gasteiger partial charge in [-0.05, 0) is 27.9 Å². The smallest absolute Gasteiger partial charge is 0.316 e. The van der Waals surface area contributed by atoms with Crippen LogP contribution in [0.25, 0.3) is 11.1 Å². The third-order valence-corrected chi connectivity index (χ3v) is 5.25. The summed E-state index contributed by atoms with van der Waals surface area (Å²) in [5.74, 6) is 0.326. The minimum Gasteiger partial charge on any atom is -0.473 e. The summed E-state index contributed by atoms with van der Waals surface area (Å²) in [6.07, 6.45) is 5.04. The van der Waals surface area contributed by atoms with Crippen molar-refractivity contribution in [3.8, 4) is 23.0 Å². The Balaban J connectivity index is 1.78. The zero-order valence-electron chi connectivity index (χ0n) is 16.7. The molecule has 0 radical (unpaired) electrons. The average molecular weight is 509 g/mol. The molecule has 0 bridgehead atoms. The molecule has 0 saturated carbocycles. The molecule has 1 aromatic carbocycles. The van der Waals surface area contributed by atoms with Gasteiger partial charge in [-0.1, -0.05) is 37.3 Å². The number of nitrogens with one attached hydrogen (secondary N) is 2. The Morgan fingerprint density at radius 2 is 1.71 bits per heavy atom. The highest BCUT2D eigenvalue weighted by molar-refractivity contribution is 9.10.